The number of halogens is 1. The van der Waals surface area contributed by atoms with Gasteiger partial charge < -0.3 is 0 Å². The van der Waals surface area contributed by atoms with E-state index in [4.69, 9.17) is 0 Å². The zero-order chi connectivity index (χ0) is 18.8. The van der Waals surface area contributed by atoms with Crippen LogP contribution in [0.4, 0.5) is 9.52 Å². The van der Waals surface area contributed by atoms with Gasteiger partial charge in [0.2, 0.25) is 0 Å². The molecule has 0 aliphatic heterocycles. The van der Waals surface area contributed by atoms with Crippen LogP contribution in [0.2, 0.25) is 0 Å². The lowest BCUT2D eigenvalue weighted by molar-refractivity contribution is 0.0985. The highest BCUT2D eigenvalue weighted by atomic mass is 32.1. The van der Waals surface area contributed by atoms with Crippen LogP contribution in [-0.2, 0) is 6.54 Å². The van der Waals surface area contributed by atoms with Gasteiger partial charge in [-0.2, -0.15) is 0 Å². The van der Waals surface area contributed by atoms with Crippen LogP contribution in [0.25, 0.3) is 10.2 Å². The van der Waals surface area contributed by atoms with Gasteiger partial charge in [0.1, 0.15) is 5.82 Å². The molecule has 0 aliphatic carbocycles. The van der Waals surface area contributed by atoms with E-state index in [1.165, 1.54) is 23.5 Å². The van der Waals surface area contributed by atoms with Crippen LogP contribution >= 0.6 is 11.3 Å². The fraction of sp³-hybridized carbons (Fsp3) is 0.0952. The summed E-state index contributed by atoms with van der Waals surface area (Å²) in [7, 11) is 0. The number of pyridine rings is 1. The van der Waals surface area contributed by atoms with Gasteiger partial charge in [0.15, 0.2) is 5.13 Å². The topological polar surface area (TPSA) is 46.1 Å². The van der Waals surface area contributed by atoms with E-state index in [0.717, 1.165) is 11.3 Å². The number of carbonyl (C=O) groups excluding carboxylic acids is 1. The fourth-order valence-corrected chi connectivity index (χ4v) is 3.72. The Balaban J connectivity index is 1.76. The van der Waals surface area contributed by atoms with Crippen molar-refractivity contribution in [3.05, 3.63) is 89.5 Å². The van der Waals surface area contributed by atoms with Gasteiger partial charge in [0.05, 0.1) is 22.5 Å². The van der Waals surface area contributed by atoms with Crippen LogP contribution in [0.15, 0.2) is 66.9 Å². The second-order valence-corrected chi connectivity index (χ2v) is 7.20. The van der Waals surface area contributed by atoms with Crippen LogP contribution in [-0.4, -0.2) is 15.9 Å². The van der Waals surface area contributed by atoms with E-state index in [9.17, 15) is 9.18 Å². The molecule has 2 aromatic carbocycles. The summed E-state index contributed by atoms with van der Waals surface area (Å²) in [5.41, 5.74) is 3.07. The monoisotopic (exact) mass is 377 g/mol. The smallest absolute Gasteiger partial charge is 0.260 e. The third-order valence-electron chi connectivity index (χ3n) is 4.16. The minimum absolute atomic E-state index is 0.166. The predicted molar refractivity (Wildman–Crippen MR) is 106 cm³/mol. The maximum absolute atomic E-state index is 13.5. The van der Waals surface area contributed by atoms with Crippen molar-refractivity contribution in [1.29, 1.82) is 0 Å². The van der Waals surface area contributed by atoms with Crippen LogP contribution in [0, 0.1) is 12.7 Å². The highest BCUT2D eigenvalue weighted by Crippen LogP contribution is 2.31. The molecule has 2 aromatic heterocycles. The number of carbonyl (C=O) groups is 1. The molecule has 4 rings (SSSR count). The summed E-state index contributed by atoms with van der Waals surface area (Å²) >= 11 is 1.29. The van der Waals surface area contributed by atoms with E-state index in [-0.39, 0.29) is 18.3 Å². The molecule has 0 atom stereocenters. The van der Waals surface area contributed by atoms with Crippen molar-refractivity contribution in [1.82, 2.24) is 9.97 Å². The van der Waals surface area contributed by atoms with Gasteiger partial charge >= 0.3 is 0 Å². The Hall–Kier alpha value is -3.12. The normalized spacial score (nSPS) is 10.9. The van der Waals surface area contributed by atoms with Gasteiger partial charge in [-0.3, -0.25) is 14.7 Å². The second-order valence-electron chi connectivity index (χ2n) is 6.19. The number of hydrogen-bond donors (Lipinski definition) is 0. The Morgan fingerprint density at radius 2 is 1.93 bits per heavy atom. The molecule has 0 saturated heterocycles. The van der Waals surface area contributed by atoms with Crippen molar-refractivity contribution in [2.24, 2.45) is 0 Å². The summed E-state index contributed by atoms with van der Waals surface area (Å²) in [6.07, 6.45) is 1.69. The number of amides is 1. The second kappa shape index (κ2) is 7.25. The number of aromatic nitrogens is 2. The molecule has 27 heavy (non-hydrogen) atoms. The number of thiazole rings is 1. The third-order valence-corrected chi connectivity index (χ3v) is 5.20. The predicted octanol–water partition coefficient (Wildman–Crippen LogP) is 4.99. The Kier molecular flexibility index (Phi) is 4.64. The number of hydrogen-bond acceptors (Lipinski definition) is 4. The molecule has 4 aromatic rings. The average Bonchev–Trinajstić information content (AvgIpc) is 3.10. The summed E-state index contributed by atoms with van der Waals surface area (Å²) in [5, 5.41) is 0.520. The Bertz CT molecular complexity index is 1090. The van der Waals surface area contributed by atoms with Crippen molar-refractivity contribution < 1.29 is 9.18 Å². The summed E-state index contributed by atoms with van der Waals surface area (Å²) in [6, 6.07) is 17.4. The zero-order valence-corrected chi connectivity index (χ0v) is 15.4. The molecule has 4 nitrogen and oxygen atoms in total. The van der Waals surface area contributed by atoms with E-state index < -0.39 is 0 Å². The molecule has 0 fully saturated rings. The SMILES string of the molecule is Cc1ccc(C(=O)N(Cc2ccccn2)c2nc3ccc(F)cc3s2)cc1. The molecule has 2 heterocycles. The first-order valence-corrected chi connectivity index (χ1v) is 9.26. The molecule has 0 aliphatic rings. The standard InChI is InChI=1S/C21H16FN3OS/c1-14-5-7-15(8-6-14)20(26)25(13-17-4-2-3-11-23-17)21-24-18-10-9-16(22)12-19(18)27-21/h2-12H,13H2,1H3. The molecule has 0 bridgehead atoms. The quantitative estimate of drug-likeness (QED) is 0.504. The summed E-state index contributed by atoms with van der Waals surface area (Å²) < 4.78 is 14.2. The van der Waals surface area contributed by atoms with Gasteiger partial charge in [-0.15, -0.1) is 0 Å². The van der Waals surface area contributed by atoms with Gasteiger partial charge in [0, 0.05) is 11.8 Å². The third kappa shape index (κ3) is 3.71. The number of aryl methyl sites for hydroxylation is 1. The lowest BCUT2D eigenvalue weighted by Crippen LogP contribution is -2.30. The first-order valence-electron chi connectivity index (χ1n) is 8.45. The summed E-state index contributed by atoms with van der Waals surface area (Å²) in [4.78, 5) is 23.7. The van der Waals surface area contributed by atoms with Gasteiger partial charge in [0.25, 0.3) is 5.91 Å². The first kappa shape index (κ1) is 17.3. The van der Waals surface area contributed by atoms with Crippen LogP contribution in [0.5, 0.6) is 0 Å². The van der Waals surface area contributed by atoms with Crippen LogP contribution in [0.3, 0.4) is 0 Å². The average molecular weight is 377 g/mol. The molecule has 0 unspecified atom stereocenters. The minimum Gasteiger partial charge on any atom is -0.278 e. The van der Waals surface area contributed by atoms with Gasteiger partial charge in [-0.05, 0) is 49.4 Å². The summed E-state index contributed by atoms with van der Waals surface area (Å²) in [5.74, 6) is -0.487. The molecule has 1 amide bonds. The molecule has 6 heteroatoms. The lowest BCUT2D eigenvalue weighted by Gasteiger charge is -2.19. The van der Waals surface area contributed by atoms with E-state index in [0.29, 0.717) is 20.9 Å². The number of rotatable bonds is 4. The maximum atomic E-state index is 13.5. The highest BCUT2D eigenvalue weighted by molar-refractivity contribution is 7.22. The molecule has 0 radical (unpaired) electrons. The lowest BCUT2D eigenvalue weighted by atomic mass is 10.1. The van der Waals surface area contributed by atoms with Crippen molar-refractivity contribution in [3.63, 3.8) is 0 Å². The van der Waals surface area contributed by atoms with Gasteiger partial charge in [-0.1, -0.05) is 35.1 Å². The van der Waals surface area contributed by atoms with Crippen molar-refractivity contribution in [3.8, 4) is 0 Å². The zero-order valence-electron chi connectivity index (χ0n) is 14.6. The highest BCUT2D eigenvalue weighted by Gasteiger charge is 2.22. The van der Waals surface area contributed by atoms with Crippen LogP contribution in [0.1, 0.15) is 21.6 Å². The molecule has 134 valence electrons. The number of anilines is 1. The molecule has 0 spiro atoms. The Labute approximate surface area is 159 Å². The number of benzene rings is 2. The fourth-order valence-electron chi connectivity index (χ4n) is 2.73. The van der Waals surface area contributed by atoms with E-state index >= 15 is 0 Å². The number of fused-ring (bicyclic) bond motifs is 1. The summed E-state index contributed by atoms with van der Waals surface area (Å²) in [6.45, 7) is 2.26. The van der Waals surface area contributed by atoms with E-state index in [1.54, 1.807) is 29.3 Å². The Morgan fingerprint density at radius 1 is 1.11 bits per heavy atom. The molecule has 0 saturated carbocycles. The minimum atomic E-state index is -0.321. The van der Waals surface area contributed by atoms with Crippen LogP contribution < -0.4 is 4.90 Å². The largest absolute Gasteiger partial charge is 0.278 e. The van der Waals surface area contributed by atoms with Gasteiger partial charge in [-0.25, -0.2) is 9.37 Å². The molecular weight excluding hydrogens is 361 g/mol. The van der Waals surface area contributed by atoms with Crippen molar-refractivity contribution in [2.75, 3.05) is 4.90 Å². The van der Waals surface area contributed by atoms with E-state index in [2.05, 4.69) is 9.97 Å². The number of nitrogens with zero attached hydrogens (tertiary/aromatic N) is 3. The Morgan fingerprint density at radius 3 is 2.67 bits per heavy atom. The molecule has 0 N–H and O–H groups in total. The maximum Gasteiger partial charge on any atom is 0.260 e. The first-order chi connectivity index (χ1) is 13.1. The molecular formula is C21H16FN3OS. The van der Waals surface area contributed by atoms with Crippen molar-refractivity contribution >= 4 is 32.6 Å². The van der Waals surface area contributed by atoms with E-state index in [1.807, 2.05) is 37.3 Å². The van der Waals surface area contributed by atoms with Crippen molar-refractivity contribution in [2.45, 2.75) is 13.5 Å².